The Kier molecular flexibility index (Phi) is 4.05. The van der Waals surface area contributed by atoms with E-state index in [2.05, 4.69) is 0 Å². The maximum Gasteiger partial charge on any atom is 0.265 e. The van der Waals surface area contributed by atoms with Crippen LogP contribution in [-0.4, -0.2) is 24.0 Å². The molecular formula is C25H22N2O3. The molecule has 0 saturated carbocycles. The number of benzene rings is 3. The van der Waals surface area contributed by atoms with Crippen molar-refractivity contribution in [3.8, 4) is 0 Å². The molecule has 2 atom stereocenters. The molecule has 2 unspecified atom stereocenters. The third-order valence-electron chi connectivity index (χ3n) is 6.21. The molecule has 30 heavy (non-hydrogen) atoms. The van der Waals surface area contributed by atoms with E-state index in [0.29, 0.717) is 23.4 Å². The van der Waals surface area contributed by atoms with Crippen LogP contribution in [-0.2, 0) is 21.7 Å². The van der Waals surface area contributed by atoms with Crippen LogP contribution in [0.2, 0.25) is 0 Å². The van der Waals surface area contributed by atoms with Crippen LogP contribution in [0.1, 0.15) is 28.2 Å². The van der Waals surface area contributed by atoms with E-state index in [1.54, 1.807) is 11.9 Å². The molecule has 0 spiro atoms. The normalized spacial score (nSPS) is 22.4. The van der Waals surface area contributed by atoms with Gasteiger partial charge >= 0.3 is 0 Å². The van der Waals surface area contributed by atoms with Crippen molar-refractivity contribution in [3.63, 3.8) is 0 Å². The summed E-state index contributed by atoms with van der Waals surface area (Å²) in [5, 5.41) is 12.0. The molecule has 1 N–H and O–H groups in total. The van der Waals surface area contributed by atoms with Gasteiger partial charge in [0.05, 0.1) is 12.2 Å². The number of nitrogens with zero attached hydrogens (tertiary/aromatic N) is 2. The number of rotatable bonds is 3. The first-order valence-electron chi connectivity index (χ1n) is 9.99. The van der Waals surface area contributed by atoms with Gasteiger partial charge in [-0.1, -0.05) is 66.2 Å². The first-order chi connectivity index (χ1) is 14.4. The van der Waals surface area contributed by atoms with Crippen LogP contribution >= 0.6 is 0 Å². The van der Waals surface area contributed by atoms with Gasteiger partial charge in [0.2, 0.25) is 5.91 Å². The van der Waals surface area contributed by atoms with Crippen LogP contribution in [0.3, 0.4) is 0 Å². The van der Waals surface area contributed by atoms with Gasteiger partial charge in [-0.05, 0) is 30.2 Å². The van der Waals surface area contributed by atoms with Gasteiger partial charge in [0, 0.05) is 18.3 Å². The lowest BCUT2D eigenvalue weighted by molar-refractivity contribution is -0.144. The fourth-order valence-corrected chi connectivity index (χ4v) is 4.71. The number of hydrogen-bond acceptors (Lipinski definition) is 3. The summed E-state index contributed by atoms with van der Waals surface area (Å²) in [7, 11) is 1.68. The summed E-state index contributed by atoms with van der Waals surface area (Å²) >= 11 is 0. The summed E-state index contributed by atoms with van der Waals surface area (Å²) in [5.74, 6) is -1.72. The second-order valence-electron chi connectivity index (χ2n) is 8.05. The number of carbonyl (C=O) groups is 2. The lowest BCUT2D eigenvalue weighted by atomic mass is 9.78. The minimum atomic E-state index is -1.95. The summed E-state index contributed by atoms with van der Waals surface area (Å²) < 4.78 is 0. The summed E-state index contributed by atoms with van der Waals surface area (Å²) in [6, 6.07) is 22.6. The van der Waals surface area contributed by atoms with Gasteiger partial charge in [0.15, 0.2) is 5.60 Å². The van der Waals surface area contributed by atoms with E-state index in [0.717, 1.165) is 16.8 Å². The van der Waals surface area contributed by atoms with Crippen LogP contribution in [0.25, 0.3) is 0 Å². The Morgan fingerprint density at radius 2 is 1.63 bits per heavy atom. The second kappa shape index (κ2) is 6.54. The molecule has 5 rings (SSSR count). The van der Waals surface area contributed by atoms with E-state index in [4.69, 9.17) is 0 Å². The number of fused-ring (bicyclic) bond motifs is 2. The topological polar surface area (TPSA) is 60.9 Å². The van der Waals surface area contributed by atoms with Crippen LogP contribution in [0.5, 0.6) is 0 Å². The average molecular weight is 398 g/mol. The van der Waals surface area contributed by atoms with Crippen molar-refractivity contribution in [1.29, 1.82) is 0 Å². The van der Waals surface area contributed by atoms with Crippen molar-refractivity contribution < 1.29 is 14.7 Å². The lowest BCUT2D eigenvalue weighted by Gasteiger charge is -2.28. The highest BCUT2D eigenvalue weighted by molar-refractivity contribution is 6.15. The first kappa shape index (κ1) is 18.6. The molecule has 0 aromatic heterocycles. The molecule has 2 heterocycles. The predicted molar refractivity (Wildman–Crippen MR) is 115 cm³/mol. The lowest BCUT2D eigenvalue weighted by Crippen LogP contribution is -2.47. The zero-order valence-electron chi connectivity index (χ0n) is 16.9. The maximum atomic E-state index is 13.8. The molecule has 150 valence electrons. The molecule has 0 saturated heterocycles. The molecule has 5 nitrogen and oxygen atoms in total. The van der Waals surface area contributed by atoms with Crippen molar-refractivity contribution in [2.45, 2.75) is 25.0 Å². The molecule has 3 aromatic carbocycles. The molecule has 2 aliphatic heterocycles. The average Bonchev–Trinajstić information content (AvgIpc) is 3.13. The third-order valence-corrected chi connectivity index (χ3v) is 6.21. The van der Waals surface area contributed by atoms with Gasteiger partial charge in [-0.2, -0.15) is 0 Å². The molecule has 2 aliphatic rings. The smallest absolute Gasteiger partial charge is 0.265 e. The van der Waals surface area contributed by atoms with Crippen LogP contribution in [0, 0.1) is 6.92 Å². The molecule has 0 aliphatic carbocycles. The van der Waals surface area contributed by atoms with E-state index in [1.807, 2.05) is 79.7 Å². The van der Waals surface area contributed by atoms with Gasteiger partial charge < -0.3 is 14.9 Å². The monoisotopic (exact) mass is 398 g/mol. The summed E-state index contributed by atoms with van der Waals surface area (Å²) in [6.07, 6.45) is 0. The highest BCUT2D eigenvalue weighted by atomic mass is 16.3. The minimum absolute atomic E-state index is 0.277. The van der Waals surface area contributed by atoms with E-state index in [9.17, 15) is 14.7 Å². The van der Waals surface area contributed by atoms with Crippen molar-refractivity contribution >= 4 is 23.2 Å². The largest absolute Gasteiger partial charge is 0.374 e. The number of aliphatic hydroxyl groups is 1. The molecule has 0 radical (unpaired) electrons. The fourth-order valence-electron chi connectivity index (χ4n) is 4.71. The van der Waals surface area contributed by atoms with Gasteiger partial charge in [-0.15, -0.1) is 0 Å². The second-order valence-corrected chi connectivity index (χ2v) is 8.05. The predicted octanol–water partition coefficient (Wildman–Crippen LogP) is 3.49. The number of amides is 2. The minimum Gasteiger partial charge on any atom is -0.374 e. The van der Waals surface area contributed by atoms with Gasteiger partial charge in [-0.25, -0.2) is 0 Å². The Hall–Kier alpha value is -3.44. The zero-order valence-corrected chi connectivity index (χ0v) is 16.9. The number of likely N-dealkylation sites (N-methyl/N-ethyl adjacent to an activating group) is 1. The Morgan fingerprint density at radius 3 is 2.40 bits per heavy atom. The number of hydrogen-bond donors (Lipinski definition) is 1. The number of anilines is 2. The molecule has 3 aromatic rings. The standard InChI is InChI=1S/C25H22N2O3/c1-16-12-13-21-19(14-16)25(30,24(29)27(21)15-17-8-4-3-5-9-17)22-18-10-6-7-11-20(18)26(2)23(22)28/h3-14,22,30H,15H2,1-2H3. The first-order valence-corrected chi connectivity index (χ1v) is 9.99. The van der Waals surface area contributed by atoms with Gasteiger partial charge in [-0.3, -0.25) is 9.59 Å². The van der Waals surface area contributed by atoms with Gasteiger partial charge in [0.1, 0.15) is 5.92 Å². The Balaban J connectivity index is 1.68. The molecule has 5 heteroatoms. The SMILES string of the molecule is Cc1ccc2c(c1)C(O)(C1C(=O)N(C)c3ccccc31)C(=O)N2Cc1ccccc1. The Morgan fingerprint density at radius 1 is 0.933 bits per heavy atom. The van der Waals surface area contributed by atoms with E-state index < -0.39 is 17.4 Å². The Bertz CT molecular complexity index is 1170. The van der Waals surface area contributed by atoms with Crippen LogP contribution in [0.15, 0.2) is 72.8 Å². The molecule has 0 fully saturated rings. The fraction of sp³-hybridized carbons (Fsp3) is 0.200. The highest BCUT2D eigenvalue weighted by Crippen LogP contribution is 2.53. The van der Waals surface area contributed by atoms with E-state index in [-0.39, 0.29) is 5.91 Å². The van der Waals surface area contributed by atoms with Gasteiger partial charge in [0.25, 0.3) is 5.91 Å². The number of para-hydroxylation sites is 1. The third kappa shape index (κ3) is 2.45. The van der Waals surface area contributed by atoms with Crippen molar-refractivity contribution in [3.05, 3.63) is 95.1 Å². The van der Waals surface area contributed by atoms with Crippen LogP contribution in [0.4, 0.5) is 11.4 Å². The molecule has 0 bridgehead atoms. The summed E-state index contributed by atoms with van der Waals surface area (Å²) in [4.78, 5) is 30.1. The molecular weight excluding hydrogens is 376 g/mol. The summed E-state index contributed by atoms with van der Waals surface area (Å²) in [6.45, 7) is 2.25. The number of aryl methyl sites for hydroxylation is 1. The Labute approximate surface area is 175 Å². The van der Waals surface area contributed by atoms with Crippen molar-refractivity contribution in [2.75, 3.05) is 16.8 Å². The van der Waals surface area contributed by atoms with Crippen molar-refractivity contribution in [1.82, 2.24) is 0 Å². The highest BCUT2D eigenvalue weighted by Gasteiger charge is 2.60. The number of carbonyl (C=O) groups excluding carboxylic acids is 2. The zero-order chi connectivity index (χ0) is 21.0. The van der Waals surface area contributed by atoms with Crippen LogP contribution < -0.4 is 9.80 Å². The maximum absolute atomic E-state index is 13.8. The summed E-state index contributed by atoms with van der Waals surface area (Å²) in [5.41, 5.74) is 2.47. The van der Waals surface area contributed by atoms with E-state index in [1.165, 1.54) is 4.90 Å². The molecule has 2 amide bonds. The van der Waals surface area contributed by atoms with Crippen molar-refractivity contribution in [2.24, 2.45) is 0 Å². The quantitative estimate of drug-likeness (QED) is 0.735. The van der Waals surface area contributed by atoms with E-state index >= 15 is 0 Å².